The first kappa shape index (κ1) is 24.5. The van der Waals surface area contributed by atoms with Crippen LogP contribution < -0.4 is 21.0 Å². The Bertz CT molecular complexity index is 1270. The number of nitrogens with one attached hydrogen (secondary N) is 2. The van der Waals surface area contributed by atoms with Crippen molar-refractivity contribution in [1.29, 1.82) is 0 Å². The molecule has 0 aliphatic carbocycles. The van der Waals surface area contributed by atoms with Crippen LogP contribution in [-0.2, 0) is 14.4 Å². The molecule has 178 valence electrons. The summed E-state index contributed by atoms with van der Waals surface area (Å²) in [6.45, 7) is 4.29. The van der Waals surface area contributed by atoms with E-state index in [-0.39, 0.29) is 19.1 Å². The minimum Gasteiger partial charge on any atom is -0.483 e. The topological polar surface area (TPSA) is 135 Å². The second-order valence-electron chi connectivity index (χ2n) is 8.10. The number of hydrogen-bond acceptors (Lipinski definition) is 6. The summed E-state index contributed by atoms with van der Waals surface area (Å²) in [4.78, 5) is 47.4. The van der Waals surface area contributed by atoms with Gasteiger partial charge in [0.15, 0.2) is 6.61 Å². The average Bonchev–Trinajstić information content (AvgIpc) is 2.80. The van der Waals surface area contributed by atoms with Gasteiger partial charge in [-0.3, -0.25) is 9.59 Å². The molecular weight excluding hydrogens is 440 g/mol. The Balaban J connectivity index is 1.67. The van der Waals surface area contributed by atoms with Crippen molar-refractivity contribution < 1.29 is 28.6 Å². The Hall–Kier alpha value is -4.14. The highest BCUT2D eigenvalue weighted by Crippen LogP contribution is 2.32. The maximum atomic E-state index is 12.2. The summed E-state index contributed by atoms with van der Waals surface area (Å²) in [5.41, 5.74) is 2.01. The van der Waals surface area contributed by atoms with E-state index < -0.39 is 29.5 Å². The second kappa shape index (κ2) is 10.7. The first-order chi connectivity index (χ1) is 16.2. The fraction of sp³-hybridized carbons (Fsp3) is 0.280. The quantitative estimate of drug-likeness (QED) is 0.412. The third-order valence-electron chi connectivity index (χ3n) is 5.25. The van der Waals surface area contributed by atoms with E-state index in [1.165, 1.54) is 6.07 Å². The van der Waals surface area contributed by atoms with E-state index in [1.807, 2.05) is 30.3 Å². The van der Waals surface area contributed by atoms with Crippen LogP contribution in [0.15, 0.2) is 57.7 Å². The van der Waals surface area contributed by atoms with Gasteiger partial charge in [0.25, 0.3) is 5.91 Å². The Labute approximate surface area is 195 Å². The second-order valence-corrected chi connectivity index (χ2v) is 8.10. The number of carboxylic acid groups (broad SMARTS) is 1. The van der Waals surface area contributed by atoms with E-state index in [0.29, 0.717) is 16.9 Å². The number of carbonyl (C=O) groups is 3. The first-order valence-corrected chi connectivity index (χ1v) is 10.7. The van der Waals surface area contributed by atoms with E-state index in [2.05, 4.69) is 10.6 Å². The first-order valence-electron chi connectivity index (χ1n) is 10.7. The Morgan fingerprint density at radius 2 is 1.76 bits per heavy atom. The number of aryl methyl sites for hydroxylation is 1. The fourth-order valence-corrected chi connectivity index (χ4v) is 3.47. The number of benzene rings is 2. The molecule has 0 fully saturated rings. The molecule has 3 aromatic rings. The summed E-state index contributed by atoms with van der Waals surface area (Å²) >= 11 is 0. The Morgan fingerprint density at radius 3 is 2.41 bits per heavy atom. The van der Waals surface area contributed by atoms with Crippen LogP contribution in [-0.4, -0.2) is 42.1 Å². The molecule has 2 aromatic carbocycles. The van der Waals surface area contributed by atoms with Crippen molar-refractivity contribution >= 4 is 28.8 Å². The van der Waals surface area contributed by atoms with E-state index in [0.717, 1.165) is 16.5 Å². The molecule has 3 rings (SSSR count). The lowest BCUT2D eigenvalue weighted by atomic mass is 10.0. The largest absolute Gasteiger partial charge is 0.483 e. The molecule has 0 unspecified atom stereocenters. The molecule has 1 heterocycles. The smallest absolute Gasteiger partial charge is 0.336 e. The van der Waals surface area contributed by atoms with E-state index in [1.54, 1.807) is 32.9 Å². The number of rotatable bonds is 9. The average molecular weight is 466 g/mol. The van der Waals surface area contributed by atoms with Gasteiger partial charge in [-0.1, -0.05) is 44.2 Å². The molecule has 1 atom stereocenters. The molecule has 9 heteroatoms. The monoisotopic (exact) mass is 466 g/mol. The third-order valence-corrected chi connectivity index (χ3v) is 5.25. The molecule has 0 aliphatic heterocycles. The van der Waals surface area contributed by atoms with Gasteiger partial charge < -0.3 is 24.9 Å². The van der Waals surface area contributed by atoms with Crippen molar-refractivity contribution in [3.05, 3.63) is 64.5 Å². The van der Waals surface area contributed by atoms with E-state index in [4.69, 9.17) is 14.3 Å². The minimum absolute atomic E-state index is 0.307. The molecule has 0 bridgehead atoms. The van der Waals surface area contributed by atoms with Crippen molar-refractivity contribution in [3.63, 3.8) is 0 Å². The lowest BCUT2D eigenvalue weighted by molar-refractivity contribution is -0.143. The number of amides is 2. The molecular formula is C25H26N2O7. The molecule has 3 N–H and O–H groups in total. The number of aliphatic carboxylic acids is 1. The van der Waals surface area contributed by atoms with Gasteiger partial charge in [0.2, 0.25) is 5.91 Å². The van der Waals surface area contributed by atoms with E-state index >= 15 is 0 Å². The summed E-state index contributed by atoms with van der Waals surface area (Å²) in [6.07, 6.45) is 0. The number of carboxylic acids is 1. The number of ether oxygens (including phenoxy) is 1. The molecule has 0 saturated carbocycles. The fourth-order valence-electron chi connectivity index (χ4n) is 3.47. The molecule has 0 aliphatic rings. The van der Waals surface area contributed by atoms with Crippen LogP contribution in [0, 0.1) is 12.8 Å². The third kappa shape index (κ3) is 5.80. The summed E-state index contributed by atoms with van der Waals surface area (Å²) in [5, 5.41) is 14.6. The maximum absolute atomic E-state index is 12.2. The zero-order chi connectivity index (χ0) is 24.8. The van der Waals surface area contributed by atoms with Gasteiger partial charge in [0, 0.05) is 17.0 Å². The van der Waals surface area contributed by atoms with Crippen LogP contribution in [0.25, 0.3) is 22.1 Å². The van der Waals surface area contributed by atoms with Crippen molar-refractivity contribution in [2.45, 2.75) is 26.8 Å². The molecule has 1 aromatic heterocycles. The lowest BCUT2D eigenvalue weighted by Gasteiger charge is -2.18. The van der Waals surface area contributed by atoms with Crippen LogP contribution in [0.1, 0.15) is 19.4 Å². The van der Waals surface area contributed by atoms with Crippen LogP contribution in [0.4, 0.5) is 0 Å². The van der Waals surface area contributed by atoms with Crippen molar-refractivity contribution in [2.75, 3.05) is 13.2 Å². The maximum Gasteiger partial charge on any atom is 0.336 e. The summed E-state index contributed by atoms with van der Waals surface area (Å²) in [6, 6.07) is 13.3. The van der Waals surface area contributed by atoms with Gasteiger partial charge in [-0.25, -0.2) is 9.59 Å². The highest BCUT2D eigenvalue weighted by atomic mass is 16.5. The van der Waals surface area contributed by atoms with Crippen molar-refractivity contribution in [1.82, 2.24) is 10.6 Å². The zero-order valence-corrected chi connectivity index (χ0v) is 19.1. The van der Waals surface area contributed by atoms with Gasteiger partial charge in [-0.15, -0.1) is 0 Å². The number of hydrogen-bond donors (Lipinski definition) is 3. The molecule has 0 radical (unpaired) electrons. The predicted octanol–water partition coefficient (Wildman–Crippen LogP) is 2.49. The van der Waals surface area contributed by atoms with Gasteiger partial charge in [0.1, 0.15) is 17.4 Å². The normalized spacial score (nSPS) is 11.8. The minimum atomic E-state index is -1.15. The van der Waals surface area contributed by atoms with Gasteiger partial charge >= 0.3 is 11.6 Å². The molecule has 9 nitrogen and oxygen atoms in total. The number of fused-ring (bicyclic) bond motifs is 1. The van der Waals surface area contributed by atoms with Crippen LogP contribution in [0.2, 0.25) is 0 Å². The van der Waals surface area contributed by atoms with Crippen LogP contribution >= 0.6 is 0 Å². The van der Waals surface area contributed by atoms with Crippen LogP contribution in [0.3, 0.4) is 0 Å². The summed E-state index contributed by atoms with van der Waals surface area (Å²) < 4.78 is 11.0. The molecule has 2 amide bonds. The van der Waals surface area contributed by atoms with Crippen LogP contribution in [0.5, 0.6) is 5.75 Å². The van der Waals surface area contributed by atoms with Gasteiger partial charge in [0.05, 0.1) is 6.54 Å². The SMILES string of the molecule is Cc1c(OCC(=O)NCC(=O)N[C@@H](C(=O)O)C(C)C)ccc2c(-c3ccccc3)cc(=O)oc12. The Morgan fingerprint density at radius 1 is 1.06 bits per heavy atom. The highest BCUT2D eigenvalue weighted by molar-refractivity contribution is 5.95. The highest BCUT2D eigenvalue weighted by Gasteiger charge is 2.23. The molecule has 34 heavy (non-hydrogen) atoms. The molecule has 0 saturated heterocycles. The summed E-state index contributed by atoms with van der Waals surface area (Å²) in [7, 11) is 0. The standard InChI is InChI=1S/C25H26N2O7/c1-14(2)23(25(31)32)27-20(28)12-26-21(29)13-33-19-10-9-17-18(16-7-5-4-6-8-16)11-22(30)34-24(17)15(19)3/h4-11,14,23H,12-13H2,1-3H3,(H,26,29)(H,27,28)(H,31,32)/t23-/m1/s1. The van der Waals surface area contributed by atoms with Crippen molar-refractivity contribution in [2.24, 2.45) is 5.92 Å². The van der Waals surface area contributed by atoms with Gasteiger partial charge in [-0.05, 0) is 36.1 Å². The van der Waals surface area contributed by atoms with Gasteiger partial charge in [-0.2, -0.15) is 0 Å². The number of carbonyl (C=O) groups excluding carboxylic acids is 2. The van der Waals surface area contributed by atoms with E-state index in [9.17, 15) is 19.2 Å². The lowest BCUT2D eigenvalue weighted by Crippen LogP contribution is -2.48. The summed E-state index contributed by atoms with van der Waals surface area (Å²) in [5.74, 6) is -2.28. The van der Waals surface area contributed by atoms with Crippen molar-refractivity contribution in [3.8, 4) is 16.9 Å². The Kier molecular flexibility index (Phi) is 7.68. The zero-order valence-electron chi connectivity index (χ0n) is 19.1. The molecule has 0 spiro atoms. The predicted molar refractivity (Wildman–Crippen MR) is 126 cm³/mol.